The van der Waals surface area contributed by atoms with Gasteiger partial charge >= 0.3 is 11.6 Å². The number of aliphatic hydroxyl groups is 1. The van der Waals surface area contributed by atoms with Crippen molar-refractivity contribution in [2.24, 2.45) is 0 Å². The van der Waals surface area contributed by atoms with E-state index in [9.17, 15) is 9.59 Å². The number of rotatable bonds is 4. The smallest absolute Gasteiger partial charge is 0.380 e. The standard InChI is InChI=1S/C9H9BrO6/c1-14-8(12)6-4-5(10)7(9(13)16-6)15-3-2-11/h4,11H,2-3H2,1H3. The number of methoxy groups -OCH3 is 1. The fourth-order valence-corrected chi connectivity index (χ4v) is 1.41. The minimum Gasteiger partial charge on any atom is -0.483 e. The van der Waals surface area contributed by atoms with Gasteiger partial charge in [-0.25, -0.2) is 9.59 Å². The topological polar surface area (TPSA) is 86.0 Å². The first-order chi connectivity index (χ1) is 7.60. The van der Waals surface area contributed by atoms with E-state index in [2.05, 4.69) is 25.1 Å². The molecule has 0 aliphatic rings. The Labute approximate surface area is 98.9 Å². The number of carbonyl (C=O) groups is 1. The molecule has 0 saturated heterocycles. The van der Waals surface area contributed by atoms with Gasteiger partial charge in [-0.15, -0.1) is 0 Å². The van der Waals surface area contributed by atoms with Crippen molar-refractivity contribution in [3.63, 3.8) is 0 Å². The maximum absolute atomic E-state index is 11.4. The van der Waals surface area contributed by atoms with E-state index in [-0.39, 0.29) is 29.2 Å². The summed E-state index contributed by atoms with van der Waals surface area (Å²) in [6.45, 7) is -0.272. The summed E-state index contributed by atoms with van der Waals surface area (Å²) >= 11 is 3.05. The Morgan fingerprint density at radius 2 is 2.31 bits per heavy atom. The van der Waals surface area contributed by atoms with Crippen LogP contribution in [0.5, 0.6) is 5.75 Å². The van der Waals surface area contributed by atoms with Gasteiger partial charge in [-0.1, -0.05) is 0 Å². The van der Waals surface area contributed by atoms with Gasteiger partial charge in [-0.2, -0.15) is 0 Å². The molecule has 1 rings (SSSR count). The van der Waals surface area contributed by atoms with Crippen LogP contribution < -0.4 is 10.4 Å². The molecule has 88 valence electrons. The molecule has 1 heterocycles. The van der Waals surface area contributed by atoms with Gasteiger partial charge in [-0.3, -0.25) is 0 Å². The lowest BCUT2D eigenvalue weighted by atomic mass is 10.4. The van der Waals surface area contributed by atoms with Gasteiger partial charge in [0.15, 0.2) is 0 Å². The van der Waals surface area contributed by atoms with Crippen molar-refractivity contribution in [1.82, 2.24) is 0 Å². The van der Waals surface area contributed by atoms with Crippen molar-refractivity contribution in [3.8, 4) is 5.75 Å². The summed E-state index contributed by atoms with van der Waals surface area (Å²) in [5.74, 6) is -1.08. The summed E-state index contributed by atoms with van der Waals surface area (Å²) < 4.78 is 14.3. The van der Waals surface area contributed by atoms with Crippen LogP contribution >= 0.6 is 15.9 Å². The lowest BCUT2D eigenvalue weighted by Crippen LogP contribution is -2.14. The molecule has 0 bridgehead atoms. The van der Waals surface area contributed by atoms with Crippen molar-refractivity contribution < 1.29 is 23.8 Å². The van der Waals surface area contributed by atoms with Crippen LogP contribution in [0.2, 0.25) is 0 Å². The second-order valence-corrected chi connectivity index (χ2v) is 3.49. The highest BCUT2D eigenvalue weighted by Gasteiger charge is 2.16. The van der Waals surface area contributed by atoms with E-state index in [1.165, 1.54) is 13.2 Å². The first kappa shape index (κ1) is 12.7. The molecule has 0 amide bonds. The Kier molecular flexibility index (Phi) is 4.51. The van der Waals surface area contributed by atoms with Crippen LogP contribution in [0.15, 0.2) is 19.8 Å². The average molecular weight is 293 g/mol. The SMILES string of the molecule is COC(=O)c1cc(Br)c(OCCO)c(=O)o1. The van der Waals surface area contributed by atoms with Crippen LogP contribution in [-0.2, 0) is 4.74 Å². The van der Waals surface area contributed by atoms with Gasteiger partial charge in [0.05, 0.1) is 18.2 Å². The lowest BCUT2D eigenvalue weighted by molar-refractivity contribution is 0.0558. The predicted molar refractivity (Wildman–Crippen MR) is 56.6 cm³/mol. The summed E-state index contributed by atoms with van der Waals surface area (Å²) in [4.78, 5) is 22.5. The molecule has 0 atom stereocenters. The largest absolute Gasteiger partial charge is 0.483 e. The van der Waals surface area contributed by atoms with E-state index in [0.717, 1.165) is 0 Å². The lowest BCUT2D eigenvalue weighted by Gasteiger charge is -2.05. The fraction of sp³-hybridized carbons (Fsp3) is 0.333. The molecule has 1 aromatic heterocycles. The summed E-state index contributed by atoms with van der Waals surface area (Å²) in [6, 6.07) is 1.26. The Morgan fingerprint density at radius 1 is 1.62 bits per heavy atom. The molecule has 0 aromatic carbocycles. The Morgan fingerprint density at radius 3 is 2.81 bits per heavy atom. The number of esters is 1. The monoisotopic (exact) mass is 292 g/mol. The van der Waals surface area contributed by atoms with E-state index in [1.807, 2.05) is 0 Å². The molecule has 0 spiro atoms. The Hall–Kier alpha value is -1.34. The Bertz CT molecular complexity index is 438. The minimum atomic E-state index is -0.816. The number of hydrogen-bond acceptors (Lipinski definition) is 6. The van der Waals surface area contributed by atoms with Crippen LogP contribution in [0, 0.1) is 0 Å². The van der Waals surface area contributed by atoms with Crippen molar-refractivity contribution in [2.75, 3.05) is 20.3 Å². The predicted octanol–water partition coefficient (Wildman–Crippen LogP) is 0.560. The molecule has 0 aliphatic heterocycles. The van der Waals surface area contributed by atoms with Crippen LogP contribution in [0.1, 0.15) is 10.6 Å². The summed E-state index contributed by atoms with van der Waals surface area (Å²) in [7, 11) is 1.17. The third-order valence-corrected chi connectivity index (χ3v) is 2.18. The van der Waals surface area contributed by atoms with Gasteiger partial charge < -0.3 is 19.0 Å². The maximum Gasteiger partial charge on any atom is 0.380 e. The van der Waals surface area contributed by atoms with Crippen molar-refractivity contribution in [1.29, 1.82) is 0 Å². The zero-order valence-electron chi connectivity index (χ0n) is 8.36. The molecule has 0 unspecified atom stereocenters. The van der Waals surface area contributed by atoms with Crippen molar-refractivity contribution in [2.45, 2.75) is 0 Å². The normalized spacial score (nSPS) is 9.94. The first-order valence-corrected chi connectivity index (χ1v) is 5.05. The van der Waals surface area contributed by atoms with Crippen LogP contribution in [0.3, 0.4) is 0 Å². The van der Waals surface area contributed by atoms with Gasteiger partial charge in [0, 0.05) is 6.07 Å². The van der Waals surface area contributed by atoms with E-state index in [0.29, 0.717) is 0 Å². The van der Waals surface area contributed by atoms with Gasteiger partial charge in [0.1, 0.15) is 6.61 Å². The molecular weight excluding hydrogens is 284 g/mol. The zero-order chi connectivity index (χ0) is 12.1. The molecule has 1 aromatic rings. The van der Waals surface area contributed by atoms with E-state index < -0.39 is 11.6 Å². The molecule has 16 heavy (non-hydrogen) atoms. The summed E-state index contributed by atoms with van der Waals surface area (Å²) in [6.07, 6.45) is 0. The van der Waals surface area contributed by atoms with Gasteiger partial charge in [-0.05, 0) is 15.9 Å². The van der Waals surface area contributed by atoms with Gasteiger partial charge in [0.2, 0.25) is 11.5 Å². The average Bonchev–Trinajstić information content (AvgIpc) is 2.26. The number of halogens is 1. The van der Waals surface area contributed by atoms with E-state index >= 15 is 0 Å². The molecule has 0 aliphatic carbocycles. The number of hydrogen-bond donors (Lipinski definition) is 1. The first-order valence-electron chi connectivity index (χ1n) is 4.25. The minimum absolute atomic E-state index is 0.0407. The molecule has 0 fully saturated rings. The number of carbonyl (C=O) groups excluding carboxylic acids is 1. The number of aliphatic hydroxyl groups excluding tert-OH is 1. The molecule has 6 nitrogen and oxygen atoms in total. The van der Waals surface area contributed by atoms with Crippen molar-refractivity contribution in [3.05, 3.63) is 26.7 Å². The number of ether oxygens (including phenoxy) is 2. The Balaban J connectivity index is 3.07. The summed E-state index contributed by atoms with van der Waals surface area (Å²) in [5, 5.41) is 8.54. The molecule has 0 saturated carbocycles. The third kappa shape index (κ3) is 2.83. The van der Waals surface area contributed by atoms with Crippen LogP contribution in [0.4, 0.5) is 0 Å². The summed E-state index contributed by atoms with van der Waals surface area (Å²) in [5.41, 5.74) is -0.816. The maximum atomic E-state index is 11.4. The van der Waals surface area contributed by atoms with E-state index in [4.69, 9.17) is 9.84 Å². The molecule has 0 radical (unpaired) electrons. The van der Waals surface area contributed by atoms with Crippen molar-refractivity contribution >= 4 is 21.9 Å². The molecule has 7 heteroatoms. The second kappa shape index (κ2) is 5.66. The molecule has 1 N–H and O–H groups in total. The highest BCUT2D eigenvalue weighted by Crippen LogP contribution is 2.22. The second-order valence-electron chi connectivity index (χ2n) is 2.64. The highest BCUT2D eigenvalue weighted by molar-refractivity contribution is 9.10. The fourth-order valence-electron chi connectivity index (χ4n) is 0.931. The van der Waals surface area contributed by atoms with E-state index in [1.54, 1.807) is 0 Å². The highest BCUT2D eigenvalue weighted by atomic mass is 79.9. The van der Waals surface area contributed by atoms with Crippen LogP contribution in [0.25, 0.3) is 0 Å². The molecular formula is C9H9BrO6. The third-order valence-electron chi connectivity index (χ3n) is 1.59. The van der Waals surface area contributed by atoms with Crippen LogP contribution in [-0.4, -0.2) is 31.4 Å². The quantitative estimate of drug-likeness (QED) is 0.816. The van der Waals surface area contributed by atoms with Gasteiger partial charge in [0.25, 0.3) is 0 Å². The zero-order valence-corrected chi connectivity index (χ0v) is 9.94.